The van der Waals surface area contributed by atoms with Gasteiger partial charge in [0.1, 0.15) is 11.5 Å². The first-order valence-corrected chi connectivity index (χ1v) is 6.14. The van der Waals surface area contributed by atoms with Crippen LogP contribution in [0.25, 0.3) is 0 Å². The highest BCUT2D eigenvalue weighted by molar-refractivity contribution is 6.30. The Balaban J connectivity index is 1.92. The summed E-state index contributed by atoms with van der Waals surface area (Å²) in [5.74, 6) is -0.0447. The molecule has 0 bridgehead atoms. The number of ether oxygens (including phenoxy) is 1. The fourth-order valence-electron chi connectivity index (χ4n) is 1.62. The fourth-order valence-corrected chi connectivity index (χ4v) is 1.84. The minimum atomic E-state index is -0.0447. The van der Waals surface area contributed by atoms with Crippen molar-refractivity contribution in [2.45, 2.75) is 13.2 Å². The third-order valence-corrected chi connectivity index (χ3v) is 2.76. The molecule has 3 N–H and O–H groups in total. The van der Waals surface area contributed by atoms with Gasteiger partial charge in [0.25, 0.3) is 0 Å². The zero-order chi connectivity index (χ0) is 13.7. The van der Waals surface area contributed by atoms with Gasteiger partial charge >= 0.3 is 0 Å². The number of aromatic nitrogens is 1. The molecule has 0 saturated carbocycles. The molecule has 1 aromatic carbocycles. The molecule has 1 heterocycles. The van der Waals surface area contributed by atoms with Crippen molar-refractivity contribution in [3.05, 3.63) is 64.4 Å². The van der Waals surface area contributed by atoms with Crippen LogP contribution in [0.3, 0.4) is 0 Å². The summed E-state index contributed by atoms with van der Waals surface area (Å²) in [6, 6.07) is 11.1. The number of nitrogens with zero attached hydrogens (tertiary/aromatic N) is 1. The Morgan fingerprint density at radius 2 is 1.95 bits per heavy atom. The van der Waals surface area contributed by atoms with E-state index in [-0.39, 0.29) is 5.84 Å². The van der Waals surface area contributed by atoms with Crippen LogP contribution in [0.15, 0.2) is 42.6 Å². The molecule has 2 rings (SSSR count). The summed E-state index contributed by atoms with van der Waals surface area (Å²) in [5.41, 5.74) is 7.80. The second-order valence-electron chi connectivity index (χ2n) is 4.09. The number of hydrogen-bond acceptors (Lipinski definition) is 3. The van der Waals surface area contributed by atoms with E-state index in [0.717, 1.165) is 11.1 Å². The van der Waals surface area contributed by atoms with E-state index in [4.69, 9.17) is 27.5 Å². The molecule has 0 aliphatic rings. The number of nitrogen functional groups attached to an aromatic ring is 1. The van der Waals surface area contributed by atoms with Gasteiger partial charge in [0.05, 0.1) is 13.2 Å². The summed E-state index contributed by atoms with van der Waals surface area (Å²) < 4.78 is 5.60. The molecule has 0 unspecified atom stereocenters. The summed E-state index contributed by atoms with van der Waals surface area (Å²) in [6.07, 6.45) is 1.62. The summed E-state index contributed by atoms with van der Waals surface area (Å²) in [5, 5.41) is 8.03. The quantitative estimate of drug-likeness (QED) is 0.651. The third kappa shape index (κ3) is 4.05. The van der Waals surface area contributed by atoms with Gasteiger partial charge in [-0.1, -0.05) is 23.7 Å². The molecule has 98 valence electrons. The molecule has 0 fully saturated rings. The second kappa shape index (κ2) is 6.31. The van der Waals surface area contributed by atoms with Gasteiger partial charge in [0.2, 0.25) is 0 Å². The van der Waals surface area contributed by atoms with E-state index >= 15 is 0 Å². The predicted molar refractivity (Wildman–Crippen MR) is 75.2 cm³/mol. The number of halogens is 1. The number of nitrogens with one attached hydrogen (secondary N) is 1. The normalized spacial score (nSPS) is 10.4. The van der Waals surface area contributed by atoms with Crippen LogP contribution in [0.2, 0.25) is 5.02 Å². The summed E-state index contributed by atoms with van der Waals surface area (Å²) in [6.45, 7) is 0.924. The molecule has 0 amide bonds. The maximum atomic E-state index is 7.33. The highest BCUT2D eigenvalue weighted by atomic mass is 35.5. The molecule has 0 aliphatic carbocycles. The monoisotopic (exact) mass is 275 g/mol. The van der Waals surface area contributed by atoms with E-state index in [0.29, 0.717) is 23.9 Å². The lowest BCUT2D eigenvalue weighted by Crippen LogP contribution is -2.13. The van der Waals surface area contributed by atoms with Gasteiger partial charge in [0.15, 0.2) is 0 Å². The van der Waals surface area contributed by atoms with E-state index < -0.39 is 0 Å². The molecular formula is C14H14ClN3O. The van der Waals surface area contributed by atoms with Crippen molar-refractivity contribution in [2.75, 3.05) is 0 Å². The average molecular weight is 276 g/mol. The van der Waals surface area contributed by atoms with Crippen molar-refractivity contribution in [1.82, 2.24) is 4.98 Å². The van der Waals surface area contributed by atoms with Gasteiger partial charge in [0, 0.05) is 11.2 Å². The van der Waals surface area contributed by atoms with Crippen molar-refractivity contribution in [3.63, 3.8) is 0 Å². The van der Waals surface area contributed by atoms with Crippen LogP contribution < -0.4 is 5.73 Å². The number of amidine groups is 1. The van der Waals surface area contributed by atoms with Crippen molar-refractivity contribution in [1.29, 1.82) is 5.41 Å². The Bertz CT molecular complexity index is 586. The molecule has 19 heavy (non-hydrogen) atoms. The molecule has 0 radical (unpaired) electrons. The smallest absolute Gasteiger partial charge is 0.141 e. The first kappa shape index (κ1) is 13.5. The van der Waals surface area contributed by atoms with Gasteiger partial charge in [-0.15, -0.1) is 0 Å². The minimum absolute atomic E-state index is 0.0447. The lowest BCUT2D eigenvalue weighted by atomic mass is 10.2. The molecular weight excluding hydrogens is 262 g/mol. The van der Waals surface area contributed by atoms with Crippen molar-refractivity contribution in [2.24, 2.45) is 5.73 Å². The van der Waals surface area contributed by atoms with Gasteiger partial charge in [-0.3, -0.25) is 10.4 Å². The number of rotatable bonds is 5. The van der Waals surface area contributed by atoms with E-state index in [1.54, 1.807) is 12.3 Å². The standard InChI is InChI=1S/C14H14ClN3O/c15-12-3-1-2-10(6-12)8-19-9-11-4-5-18-13(7-11)14(16)17/h1-7H,8-9H2,(H3,16,17). The fraction of sp³-hybridized carbons (Fsp3) is 0.143. The number of nitrogens with two attached hydrogens (primary N) is 1. The Morgan fingerprint density at radius 3 is 2.63 bits per heavy atom. The van der Waals surface area contributed by atoms with Crippen molar-refractivity contribution in [3.8, 4) is 0 Å². The minimum Gasteiger partial charge on any atom is -0.382 e. The Kier molecular flexibility index (Phi) is 4.49. The second-order valence-corrected chi connectivity index (χ2v) is 4.52. The molecule has 5 heteroatoms. The summed E-state index contributed by atoms with van der Waals surface area (Å²) >= 11 is 5.90. The average Bonchev–Trinajstić information content (AvgIpc) is 2.39. The Labute approximate surface area is 116 Å². The molecule has 0 aliphatic heterocycles. The highest BCUT2D eigenvalue weighted by Gasteiger charge is 2.01. The molecule has 4 nitrogen and oxygen atoms in total. The molecule has 2 aromatic rings. The highest BCUT2D eigenvalue weighted by Crippen LogP contribution is 2.12. The summed E-state index contributed by atoms with van der Waals surface area (Å²) in [7, 11) is 0. The SMILES string of the molecule is N=C(N)c1cc(COCc2cccc(Cl)c2)ccn1. The van der Waals surface area contributed by atoms with Gasteiger partial charge < -0.3 is 10.5 Å². The Morgan fingerprint density at radius 1 is 1.21 bits per heavy atom. The van der Waals surface area contributed by atoms with Gasteiger partial charge in [-0.25, -0.2) is 0 Å². The van der Waals surface area contributed by atoms with Crippen LogP contribution in [0.5, 0.6) is 0 Å². The molecule has 1 aromatic heterocycles. The zero-order valence-corrected chi connectivity index (χ0v) is 11.0. The molecule has 0 saturated heterocycles. The first-order chi connectivity index (χ1) is 9.15. The van der Waals surface area contributed by atoms with E-state index in [1.807, 2.05) is 30.3 Å². The van der Waals surface area contributed by atoms with E-state index in [2.05, 4.69) is 4.98 Å². The van der Waals surface area contributed by atoms with Crippen molar-refractivity contribution < 1.29 is 4.74 Å². The largest absolute Gasteiger partial charge is 0.382 e. The maximum absolute atomic E-state index is 7.33. The van der Waals surface area contributed by atoms with Crippen LogP contribution in [0.4, 0.5) is 0 Å². The number of hydrogen-bond donors (Lipinski definition) is 2. The summed E-state index contributed by atoms with van der Waals surface area (Å²) in [4.78, 5) is 3.99. The lowest BCUT2D eigenvalue weighted by Gasteiger charge is -2.06. The van der Waals surface area contributed by atoms with Gasteiger partial charge in [-0.2, -0.15) is 0 Å². The first-order valence-electron chi connectivity index (χ1n) is 5.76. The van der Waals surface area contributed by atoms with Crippen molar-refractivity contribution >= 4 is 17.4 Å². The molecule has 0 atom stereocenters. The van der Waals surface area contributed by atoms with E-state index in [1.165, 1.54) is 0 Å². The van der Waals surface area contributed by atoms with Crippen LogP contribution in [0.1, 0.15) is 16.8 Å². The number of pyridine rings is 1. The number of benzene rings is 1. The Hall–Kier alpha value is -1.91. The predicted octanol–water partition coefficient (Wildman–Crippen LogP) is 2.74. The van der Waals surface area contributed by atoms with Crippen LogP contribution in [-0.4, -0.2) is 10.8 Å². The van der Waals surface area contributed by atoms with Gasteiger partial charge in [-0.05, 0) is 35.4 Å². The van der Waals surface area contributed by atoms with E-state index in [9.17, 15) is 0 Å². The third-order valence-electron chi connectivity index (χ3n) is 2.53. The van der Waals surface area contributed by atoms with Crippen LogP contribution >= 0.6 is 11.6 Å². The van der Waals surface area contributed by atoms with Crippen LogP contribution in [-0.2, 0) is 18.0 Å². The lowest BCUT2D eigenvalue weighted by molar-refractivity contribution is 0.107. The topological polar surface area (TPSA) is 72.0 Å². The maximum Gasteiger partial charge on any atom is 0.141 e. The van der Waals surface area contributed by atoms with Crippen LogP contribution in [0, 0.1) is 5.41 Å². The zero-order valence-electron chi connectivity index (χ0n) is 10.3. The molecule has 0 spiro atoms.